The van der Waals surface area contributed by atoms with Crippen molar-refractivity contribution in [1.82, 2.24) is 4.90 Å². The molecule has 0 unspecified atom stereocenters. The summed E-state index contributed by atoms with van der Waals surface area (Å²) in [5.41, 5.74) is 0.149. The predicted octanol–water partition coefficient (Wildman–Crippen LogP) is 3.66. The van der Waals surface area contributed by atoms with Crippen LogP contribution in [0, 0.1) is 0 Å². The summed E-state index contributed by atoms with van der Waals surface area (Å²) in [6, 6.07) is 0.756. The van der Waals surface area contributed by atoms with Gasteiger partial charge in [-0.1, -0.05) is 25.7 Å². The molecule has 1 rings (SSSR count). The molecule has 1 nitrogen and oxygen atoms in total. The fraction of sp³-hybridized carbons (Fsp3) is 1.00. The van der Waals surface area contributed by atoms with E-state index in [2.05, 4.69) is 25.8 Å². The van der Waals surface area contributed by atoms with Gasteiger partial charge in [0.25, 0.3) is 0 Å². The summed E-state index contributed by atoms with van der Waals surface area (Å²) in [6.07, 6.45) is 8.35. The first-order valence-corrected chi connectivity index (χ1v) is 6.40. The maximum absolute atomic E-state index is 6.01. The van der Waals surface area contributed by atoms with E-state index in [9.17, 15) is 0 Å². The quantitative estimate of drug-likeness (QED) is 0.515. The summed E-state index contributed by atoms with van der Waals surface area (Å²) in [7, 11) is 2.23. The van der Waals surface area contributed by atoms with E-state index >= 15 is 0 Å². The molecule has 1 fully saturated rings. The molecule has 0 saturated heterocycles. The van der Waals surface area contributed by atoms with Crippen LogP contribution in [0.2, 0.25) is 0 Å². The molecule has 0 bridgehead atoms. The van der Waals surface area contributed by atoms with Crippen LogP contribution in [-0.4, -0.2) is 29.4 Å². The van der Waals surface area contributed by atoms with Crippen molar-refractivity contribution in [3.8, 4) is 0 Å². The van der Waals surface area contributed by atoms with Crippen molar-refractivity contribution in [1.29, 1.82) is 0 Å². The van der Waals surface area contributed by atoms with Gasteiger partial charge in [0, 0.05) is 17.5 Å². The van der Waals surface area contributed by atoms with Crippen LogP contribution < -0.4 is 0 Å². The van der Waals surface area contributed by atoms with Gasteiger partial charge in [-0.3, -0.25) is 4.90 Å². The van der Waals surface area contributed by atoms with Crippen LogP contribution in [0.1, 0.15) is 52.4 Å². The molecule has 0 aromatic rings. The lowest BCUT2D eigenvalue weighted by Gasteiger charge is -2.39. The van der Waals surface area contributed by atoms with E-state index in [1.54, 1.807) is 0 Å². The highest BCUT2D eigenvalue weighted by atomic mass is 35.5. The molecular weight excluding hydrogens is 194 g/mol. The third-order valence-electron chi connectivity index (χ3n) is 3.65. The molecule has 1 aliphatic carbocycles. The molecule has 0 amide bonds. The third-order valence-corrected chi connectivity index (χ3v) is 4.31. The fourth-order valence-corrected chi connectivity index (χ4v) is 2.42. The Balaban J connectivity index is 2.53. The molecule has 14 heavy (non-hydrogen) atoms. The van der Waals surface area contributed by atoms with Gasteiger partial charge in [0.05, 0.1) is 0 Å². The largest absolute Gasteiger partial charge is 0.297 e. The van der Waals surface area contributed by atoms with Crippen molar-refractivity contribution >= 4 is 11.6 Å². The average molecular weight is 218 g/mol. The number of alkyl halides is 1. The van der Waals surface area contributed by atoms with Crippen LogP contribution in [0.4, 0.5) is 0 Å². The van der Waals surface area contributed by atoms with Crippen LogP contribution in [0.25, 0.3) is 0 Å². The first-order chi connectivity index (χ1) is 6.58. The standard InChI is InChI=1S/C12H24ClN/c1-12(2,10-13)14(3)11-8-6-4-5-7-9-11/h11H,4-10H2,1-3H3. The van der Waals surface area contributed by atoms with E-state index in [-0.39, 0.29) is 5.54 Å². The topological polar surface area (TPSA) is 3.24 Å². The second kappa shape index (κ2) is 5.37. The first kappa shape index (κ1) is 12.3. The minimum absolute atomic E-state index is 0.149. The van der Waals surface area contributed by atoms with E-state index in [0.29, 0.717) is 0 Å². The molecule has 0 radical (unpaired) electrons. The third kappa shape index (κ3) is 3.13. The lowest BCUT2D eigenvalue weighted by atomic mass is 9.99. The van der Waals surface area contributed by atoms with E-state index < -0.39 is 0 Å². The first-order valence-electron chi connectivity index (χ1n) is 5.87. The van der Waals surface area contributed by atoms with Crippen molar-refractivity contribution in [2.45, 2.75) is 64.0 Å². The number of hydrogen-bond donors (Lipinski definition) is 0. The van der Waals surface area contributed by atoms with Crippen molar-refractivity contribution < 1.29 is 0 Å². The smallest absolute Gasteiger partial charge is 0.0402 e. The van der Waals surface area contributed by atoms with Crippen LogP contribution >= 0.6 is 11.6 Å². The lowest BCUT2D eigenvalue weighted by Crippen LogP contribution is -2.48. The molecule has 1 aliphatic rings. The highest BCUT2D eigenvalue weighted by Gasteiger charge is 2.28. The summed E-state index contributed by atoms with van der Waals surface area (Å²) in [4.78, 5) is 2.49. The fourth-order valence-electron chi connectivity index (χ4n) is 2.23. The van der Waals surface area contributed by atoms with E-state index in [0.717, 1.165) is 11.9 Å². The summed E-state index contributed by atoms with van der Waals surface area (Å²) in [5, 5.41) is 0. The summed E-state index contributed by atoms with van der Waals surface area (Å²) in [6.45, 7) is 4.48. The average Bonchev–Trinajstić information content (AvgIpc) is 2.44. The van der Waals surface area contributed by atoms with Gasteiger partial charge in [0.2, 0.25) is 0 Å². The van der Waals surface area contributed by atoms with Gasteiger partial charge in [-0.05, 0) is 33.7 Å². The van der Waals surface area contributed by atoms with E-state index in [4.69, 9.17) is 11.6 Å². The molecular formula is C12H24ClN. The normalized spacial score (nSPS) is 21.2. The SMILES string of the molecule is CN(C1CCCCCC1)C(C)(C)CCl. The van der Waals surface area contributed by atoms with Gasteiger partial charge in [0.15, 0.2) is 0 Å². The Morgan fingerprint density at radius 1 is 1.14 bits per heavy atom. The second-order valence-corrected chi connectivity index (χ2v) is 5.47. The Hall–Kier alpha value is 0.250. The highest BCUT2D eigenvalue weighted by Crippen LogP contribution is 2.26. The Morgan fingerprint density at radius 2 is 1.64 bits per heavy atom. The maximum atomic E-state index is 6.01. The van der Waals surface area contributed by atoms with Gasteiger partial charge in [-0.15, -0.1) is 11.6 Å². The lowest BCUT2D eigenvalue weighted by molar-refractivity contribution is 0.108. The van der Waals surface area contributed by atoms with E-state index in [1.807, 2.05) is 0 Å². The maximum Gasteiger partial charge on any atom is 0.0402 e. The number of rotatable bonds is 3. The summed E-state index contributed by atoms with van der Waals surface area (Å²) < 4.78 is 0. The minimum Gasteiger partial charge on any atom is -0.297 e. The molecule has 1 saturated carbocycles. The highest BCUT2D eigenvalue weighted by molar-refractivity contribution is 6.18. The van der Waals surface area contributed by atoms with Gasteiger partial charge < -0.3 is 0 Å². The van der Waals surface area contributed by atoms with E-state index in [1.165, 1.54) is 38.5 Å². The molecule has 0 atom stereocenters. The minimum atomic E-state index is 0.149. The van der Waals surface area contributed by atoms with Crippen molar-refractivity contribution in [3.63, 3.8) is 0 Å². The second-order valence-electron chi connectivity index (χ2n) is 5.20. The molecule has 0 aliphatic heterocycles. The molecule has 0 N–H and O–H groups in total. The molecule has 2 heteroatoms. The van der Waals surface area contributed by atoms with Crippen LogP contribution in [-0.2, 0) is 0 Å². The number of hydrogen-bond acceptors (Lipinski definition) is 1. The summed E-state index contributed by atoms with van der Waals surface area (Å²) in [5.74, 6) is 0.722. The molecule has 0 heterocycles. The Morgan fingerprint density at radius 3 is 2.07 bits per heavy atom. The van der Waals surface area contributed by atoms with Crippen LogP contribution in [0.5, 0.6) is 0 Å². The van der Waals surface area contributed by atoms with Gasteiger partial charge >= 0.3 is 0 Å². The number of nitrogens with zero attached hydrogens (tertiary/aromatic N) is 1. The van der Waals surface area contributed by atoms with Gasteiger partial charge in [-0.2, -0.15) is 0 Å². The Labute approximate surface area is 93.8 Å². The Kier molecular flexibility index (Phi) is 4.72. The summed E-state index contributed by atoms with van der Waals surface area (Å²) >= 11 is 6.01. The molecule has 0 aromatic carbocycles. The monoisotopic (exact) mass is 217 g/mol. The van der Waals surface area contributed by atoms with Gasteiger partial charge in [-0.25, -0.2) is 0 Å². The van der Waals surface area contributed by atoms with Gasteiger partial charge in [0.1, 0.15) is 0 Å². The molecule has 0 spiro atoms. The van der Waals surface area contributed by atoms with Crippen LogP contribution in [0.3, 0.4) is 0 Å². The van der Waals surface area contributed by atoms with Crippen LogP contribution in [0.15, 0.2) is 0 Å². The molecule has 0 aromatic heterocycles. The van der Waals surface area contributed by atoms with Crippen molar-refractivity contribution in [3.05, 3.63) is 0 Å². The Bertz CT molecular complexity index is 160. The zero-order chi connectivity index (χ0) is 10.6. The van der Waals surface area contributed by atoms with Crippen molar-refractivity contribution in [2.24, 2.45) is 0 Å². The predicted molar refractivity (Wildman–Crippen MR) is 64.1 cm³/mol. The van der Waals surface area contributed by atoms with Crippen molar-refractivity contribution in [2.75, 3.05) is 12.9 Å². The zero-order valence-electron chi connectivity index (χ0n) is 9.85. The molecule has 84 valence electrons. The number of halogens is 1. The zero-order valence-corrected chi connectivity index (χ0v) is 10.6.